The fourth-order valence-electron chi connectivity index (χ4n) is 4.91. The lowest BCUT2D eigenvalue weighted by molar-refractivity contribution is -0.161. The zero-order valence-electron chi connectivity index (χ0n) is 16.0. The summed E-state index contributed by atoms with van der Waals surface area (Å²) in [6.07, 6.45) is 4.48. The summed E-state index contributed by atoms with van der Waals surface area (Å²) in [4.78, 5) is 13.5. The zero-order chi connectivity index (χ0) is 18.4. The molecule has 0 aliphatic carbocycles. The number of aromatic nitrogens is 2. The summed E-state index contributed by atoms with van der Waals surface area (Å²) in [5, 5.41) is 0. The Kier molecular flexibility index (Phi) is 4.15. The van der Waals surface area contributed by atoms with E-state index < -0.39 is 5.79 Å². The second-order valence-corrected chi connectivity index (χ2v) is 7.96. The Morgan fingerprint density at radius 1 is 1.22 bits per heavy atom. The first-order valence-corrected chi connectivity index (χ1v) is 9.76. The Morgan fingerprint density at radius 2 is 2.07 bits per heavy atom. The van der Waals surface area contributed by atoms with Gasteiger partial charge in [0.1, 0.15) is 12.0 Å². The number of hydrogen-bond acceptors (Lipinski definition) is 6. The van der Waals surface area contributed by atoms with Crippen LogP contribution in [0.3, 0.4) is 0 Å². The van der Waals surface area contributed by atoms with Gasteiger partial charge in [0, 0.05) is 30.4 Å². The number of likely N-dealkylation sites (N-methyl/N-ethyl adjacent to an activating group) is 1. The van der Waals surface area contributed by atoms with Gasteiger partial charge in [0.2, 0.25) is 5.79 Å². The lowest BCUT2D eigenvalue weighted by Crippen LogP contribution is -2.50. The van der Waals surface area contributed by atoms with Crippen LogP contribution in [0.2, 0.25) is 0 Å². The molecule has 0 radical (unpaired) electrons. The normalized spacial score (nSPS) is 26.8. The number of ether oxygens (including phenoxy) is 2. The highest BCUT2D eigenvalue weighted by atomic mass is 16.7. The quantitative estimate of drug-likeness (QED) is 0.831. The number of fused-ring (bicyclic) bond motifs is 3. The molecular weight excluding hydrogens is 340 g/mol. The molecular formula is C21H26N4O2. The fraction of sp³-hybridized carbons (Fsp3) is 0.524. The van der Waals surface area contributed by atoms with Crippen molar-refractivity contribution in [3.8, 4) is 0 Å². The van der Waals surface area contributed by atoms with Gasteiger partial charge in [0.25, 0.3) is 0 Å². The largest absolute Gasteiger partial charge is 0.362 e. The predicted molar refractivity (Wildman–Crippen MR) is 103 cm³/mol. The van der Waals surface area contributed by atoms with Gasteiger partial charge in [0.05, 0.1) is 19.8 Å². The van der Waals surface area contributed by atoms with Gasteiger partial charge >= 0.3 is 0 Å². The lowest BCUT2D eigenvalue weighted by Gasteiger charge is -2.40. The van der Waals surface area contributed by atoms with E-state index in [-0.39, 0.29) is 0 Å². The summed E-state index contributed by atoms with van der Waals surface area (Å²) in [6.45, 7) is 6.23. The maximum atomic E-state index is 6.16. The predicted octanol–water partition coefficient (Wildman–Crippen LogP) is 2.29. The summed E-state index contributed by atoms with van der Waals surface area (Å²) in [7, 11) is 2.22. The van der Waals surface area contributed by atoms with Gasteiger partial charge in [0.15, 0.2) is 0 Å². The summed E-state index contributed by atoms with van der Waals surface area (Å²) < 4.78 is 12.3. The van der Waals surface area contributed by atoms with Crippen LogP contribution in [-0.4, -0.2) is 60.8 Å². The van der Waals surface area contributed by atoms with Gasteiger partial charge < -0.3 is 19.3 Å². The second-order valence-electron chi connectivity index (χ2n) is 7.96. The van der Waals surface area contributed by atoms with Crippen LogP contribution in [0.5, 0.6) is 0 Å². The molecule has 0 bridgehead atoms. The van der Waals surface area contributed by atoms with E-state index in [1.807, 2.05) is 6.07 Å². The Bertz CT molecular complexity index is 822. The van der Waals surface area contributed by atoms with E-state index >= 15 is 0 Å². The van der Waals surface area contributed by atoms with Crippen LogP contribution in [0.4, 0.5) is 5.69 Å². The van der Waals surface area contributed by atoms with Crippen LogP contribution in [0.25, 0.3) is 0 Å². The SMILES string of the molecule is Cc1ccc2c(c1)C1CN(C)CCC1N2CC1(c2ccncn2)OCCO1. The van der Waals surface area contributed by atoms with Gasteiger partial charge in [-0.15, -0.1) is 0 Å². The number of anilines is 1. The number of rotatable bonds is 3. The van der Waals surface area contributed by atoms with Crippen molar-refractivity contribution in [3.63, 3.8) is 0 Å². The van der Waals surface area contributed by atoms with E-state index in [4.69, 9.17) is 9.47 Å². The molecule has 5 rings (SSSR count). The Balaban J connectivity index is 1.54. The van der Waals surface area contributed by atoms with Crippen molar-refractivity contribution >= 4 is 5.69 Å². The molecule has 0 spiro atoms. The summed E-state index contributed by atoms with van der Waals surface area (Å²) in [6, 6.07) is 9.22. The first kappa shape index (κ1) is 17.1. The number of benzene rings is 1. The van der Waals surface area contributed by atoms with Crippen LogP contribution in [0.15, 0.2) is 36.8 Å². The molecule has 0 saturated carbocycles. The Hall–Kier alpha value is -2.02. The standard InChI is InChI=1S/C21H26N4O2/c1-15-3-4-18-16(11-15)17-12-24(2)8-6-19(17)25(18)13-21(26-9-10-27-21)20-5-7-22-14-23-20/h3-5,7,11,14,17,19H,6,8-10,12-13H2,1-2H3. The zero-order valence-corrected chi connectivity index (χ0v) is 16.0. The summed E-state index contributed by atoms with van der Waals surface area (Å²) in [5.41, 5.74) is 4.90. The monoisotopic (exact) mass is 366 g/mol. The fourth-order valence-corrected chi connectivity index (χ4v) is 4.91. The maximum absolute atomic E-state index is 6.16. The van der Waals surface area contributed by atoms with Crippen molar-refractivity contribution in [2.24, 2.45) is 0 Å². The van der Waals surface area contributed by atoms with E-state index in [1.165, 1.54) is 16.8 Å². The smallest absolute Gasteiger partial charge is 0.230 e. The minimum absolute atomic E-state index is 0.476. The molecule has 27 heavy (non-hydrogen) atoms. The van der Waals surface area contributed by atoms with Crippen molar-refractivity contribution in [1.82, 2.24) is 14.9 Å². The molecule has 3 aliphatic heterocycles. The number of nitrogens with zero attached hydrogens (tertiary/aromatic N) is 4. The topological polar surface area (TPSA) is 50.7 Å². The third kappa shape index (κ3) is 2.83. The number of likely N-dealkylation sites (tertiary alicyclic amines) is 1. The van der Waals surface area contributed by atoms with Crippen LogP contribution < -0.4 is 4.90 Å². The molecule has 0 amide bonds. The van der Waals surface area contributed by atoms with E-state index in [0.29, 0.717) is 31.7 Å². The lowest BCUT2D eigenvalue weighted by atomic mass is 9.88. The molecule has 2 atom stereocenters. The highest BCUT2D eigenvalue weighted by Gasteiger charge is 2.48. The van der Waals surface area contributed by atoms with Gasteiger partial charge in [-0.1, -0.05) is 17.7 Å². The minimum atomic E-state index is -0.816. The van der Waals surface area contributed by atoms with Gasteiger partial charge in [-0.3, -0.25) is 0 Å². The molecule has 2 fully saturated rings. The average molecular weight is 366 g/mol. The van der Waals surface area contributed by atoms with Crippen molar-refractivity contribution in [1.29, 1.82) is 0 Å². The molecule has 3 aliphatic rings. The van der Waals surface area contributed by atoms with Crippen LogP contribution in [0.1, 0.15) is 29.2 Å². The number of piperidine rings is 1. The number of hydrogen-bond donors (Lipinski definition) is 0. The van der Waals surface area contributed by atoms with E-state index in [2.05, 4.69) is 51.9 Å². The molecule has 0 N–H and O–H groups in total. The van der Waals surface area contributed by atoms with Crippen molar-refractivity contribution in [2.45, 2.75) is 31.1 Å². The van der Waals surface area contributed by atoms with Gasteiger partial charge in [-0.25, -0.2) is 9.97 Å². The van der Waals surface area contributed by atoms with Gasteiger partial charge in [-0.2, -0.15) is 0 Å². The molecule has 4 heterocycles. The maximum Gasteiger partial charge on any atom is 0.230 e. The second kappa shape index (κ2) is 6.55. The summed E-state index contributed by atoms with van der Waals surface area (Å²) in [5.74, 6) is -0.286. The van der Waals surface area contributed by atoms with Crippen molar-refractivity contribution in [3.05, 3.63) is 53.6 Å². The number of aryl methyl sites for hydroxylation is 1. The minimum Gasteiger partial charge on any atom is -0.362 e. The summed E-state index contributed by atoms with van der Waals surface area (Å²) >= 11 is 0. The highest BCUT2D eigenvalue weighted by molar-refractivity contribution is 5.63. The van der Waals surface area contributed by atoms with E-state index in [1.54, 1.807) is 12.5 Å². The molecule has 2 unspecified atom stereocenters. The van der Waals surface area contributed by atoms with Crippen molar-refractivity contribution in [2.75, 3.05) is 44.8 Å². The van der Waals surface area contributed by atoms with E-state index in [0.717, 1.165) is 25.2 Å². The van der Waals surface area contributed by atoms with Crippen LogP contribution in [0, 0.1) is 6.92 Å². The Labute approximate surface area is 160 Å². The molecule has 142 valence electrons. The van der Waals surface area contributed by atoms with Crippen molar-refractivity contribution < 1.29 is 9.47 Å². The average Bonchev–Trinajstić information content (AvgIpc) is 3.27. The highest BCUT2D eigenvalue weighted by Crippen LogP contribution is 2.47. The van der Waals surface area contributed by atoms with E-state index in [9.17, 15) is 0 Å². The van der Waals surface area contributed by atoms with Crippen LogP contribution in [-0.2, 0) is 15.3 Å². The molecule has 1 aromatic carbocycles. The molecule has 1 aromatic heterocycles. The molecule has 6 heteroatoms. The Morgan fingerprint density at radius 3 is 2.85 bits per heavy atom. The third-order valence-corrected chi connectivity index (χ3v) is 6.18. The van der Waals surface area contributed by atoms with Crippen LogP contribution >= 0.6 is 0 Å². The van der Waals surface area contributed by atoms with Gasteiger partial charge in [-0.05, 0) is 44.6 Å². The molecule has 6 nitrogen and oxygen atoms in total. The molecule has 2 aromatic rings. The first-order chi connectivity index (χ1) is 13.2. The third-order valence-electron chi connectivity index (χ3n) is 6.18. The molecule has 2 saturated heterocycles. The first-order valence-electron chi connectivity index (χ1n) is 9.76.